The molecule has 20 heavy (non-hydrogen) atoms. The van der Waals surface area contributed by atoms with E-state index < -0.39 is 11.7 Å². The van der Waals surface area contributed by atoms with E-state index in [-0.39, 0.29) is 6.10 Å². The summed E-state index contributed by atoms with van der Waals surface area (Å²) in [6, 6.07) is 1.87. The molecule has 0 aliphatic heterocycles. The van der Waals surface area contributed by atoms with Crippen LogP contribution in [0.15, 0.2) is 18.5 Å². The molecule has 1 aliphatic carbocycles. The second-order valence-electron chi connectivity index (χ2n) is 5.85. The minimum absolute atomic E-state index is 0.0928. The standard InChI is InChI=1S/C16H25NO3/c1-12(2)20-14-9-13(10-17-11-14)15(18)16(19-3)7-5-4-6-8-16/h9-12,15,18H,4-8H2,1-3H3. The summed E-state index contributed by atoms with van der Waals surface area (Å²) < 4.78 is 11.3. The van der Waals surface area contributed by atoms with Crippen molar-refractivity contribution in [3.05, 3.63) is 24.0 Å². The lowest BCUT2D eigenvalue weighted by molar-refractivity contribution is -0.125. The number of hydrogen-bond acceptors (Lipinski definition) is 4. The van der Waals surface area contributed by atoms with Gasteiger partial charge in [0, 0.05) is 18.9 Å². The Morgan fingerprint density at radius 3 is 2.50 bits per heavy atom. The summed E-state index contributed by atoms with van der Waals surface area (Å²) in [6.45, 7) is 3.95. The monoisotopic (exact) mass is 279 g/mol. The van der Waals surface area contributed by atoms with Gasteiger partial charge >= 0.3 is 0 Å². The summed E-state index contributed by atoms with van der Waals surface area (Å²) in [5.74, 6) is 0.693. The molecule has 1 saturated carbocycles. The van der Waals surface area contributed by atoms with Gasteiger partial charge in [0.05, 0.1) is 17.9 Å². The second-order valence-corrected chi connectivity index (χ2v) is 5.85. The van der Waals surface area contributed by atoms with Crippen LogP contribution in [0.1, 0.15) is 57.6 Å². The molecule has 1 unspecified atom stereocenters. The zero-order chi connectivity index (χ0) is 14.6. The third-order valence-electron chi connectivity index (χ3n) is 4.03. The van der Waals surface area contributed by atoms with Crippen LogP contribution in [0.4, 0.5) is 0 Å². The molecule has 1 heterocycles. The van der Waals surface area contributed by atoms with Crippen LogP contribution in [-0.2, 0) is 4.74 Å². The van der Waals surface area contributed by atoms with Gasteiger partial charge in [0.2, 0.25) is 0 Å². The average molecular weight is 279 g/mol. The molecule has 0 amide bonds. The van der Waals surface area contributed by atoms with Crippen molar-refractivity contribution in [3.63, 3.8) is 0 Å². The number of nitrogens with zero attached hydrogens (tertiary/aromatic N) is 1. The number of aliphatic hydroxyl groups excluding tert-OH is 1. The van der Waals surface area contributed by atoms with Gasteiger partial charge in [-0.15, -0.1) is 0 Å². The van der Waals surface area contributed by atoms with Crippen molar-refractivity contribution in [2.45, 2.75) is 63.8 Å². The van der Waals surface area contributed by atoms with Gasteiger partial charge in [-0.05, 0) is 32.8 Å². The zero-order valence-corrected chi connectivity index (χ0v) is 12.6. The van der Waals surface area contributed by atoms with Gasteiger partial charge in [-0.2, -0.15) is 0 Å². The molecular weight excluding hydrogens is 254 g/mol. The molecule has 112 valence electrons. The van der Waals surface area contributed by atoms with E-state index >= 15 is 0 Å². The van der Waals surface area contributed by atoms with E-state index in [9.17, 15) is 5.11 Å². The molecule has 4 nitrogen and oxygen atoms in total. The summed E-state index contributed by atoms with van der Waals surface area (Å²) in [7, 11) is 1.69. The smallest absolute Gasteiger partial charge is 0.138 e. The highest BCUT2D eigenvalue weighted by molar-refractivity contribution is 5.27. The van der Waals surface area contributed by atoms with E-state index in [0.29, 0.717) is 5.75 Å². The SMILES string of the molecule is COC1(C(O)c2cncc(OC(C)C)c2)CCCCC1. The lowest BCUT2D eigenvalue weighted by Crippen LogP contribution is -2.40. The highest BCUT2D eigenvalue weighted by Crippen LogP contribution is 2.41. The Bertz CT molecular complexity index is 427. The van der Waals surface area contributed by atoms with Crippen molar-refractivity contribution in [3.8, 4) is 5.75 Å². The Balaban J connectivity index is 2.20. The molecule has 1 aliphatic rings. The number of rotatable bonds is 5. The lowest BCUT2D eigenvalue weighted by Gasteiger charge is -2.40. The molecule has 0 bridgehead atoms. The molecule has 1 aromatic heterocycles. The van der Waals surface area contributed by atoms with Crippen LogP contribution >= 0.6 is 0 Å². The molecule has 1 aromatic rings. The van der Waals surface area contributed by atoms with E-state index in [1.165, 1.54) is 6.42 Å². The van der Waals surface area contributed by atoms with Crippen LogP contribution in [-0.4, -0.2) is 28.9 Å². The molecule has 0 aromatic carbocycles. The van der Waals surface area contributed by atoms with Gasteiger partial charge in [0.1, 0.15) is 11.9 Å². The topological polar surface area (TPSA) is 51.6 Å². The fourth-order valence-electron chi connectivity index (χ4n) is 2.96. The van der Waals surface area contributed by atoms with Crippen molar-refractivity contribution in [1.82, 2.24) is 4.98 Å². The number of aliphatic hydroxyl groups is 1. The largest absolute Gasteiger partial charge is 0.489 e. The molecule has 2 rings (SSSR count). The molecule has 1 N–H and O–H groups in total. The molecule has 0 radical (unpaired) electrons. The number of hydrogen-bond donors (Lipinski definition) is 1. The van der Waals surface area contributed by atoms with Crippen LogP contribution in [0, 0.1) is 0 Å². The first-order chi connectivity index (χ1) is 9.57. The van der Waals surface area contributed by atoms with Gasteiger partial charge in [-0.3, -0.25) is 4.98 Å². The molecule has 0 saturated heterocycles. The third-order valence-corrected chi connectivity index (χ3v) is 4.03. The van der Waals surface area contributed by atoms with Crippen molar-refractivity contribution in [2.24, 2.45) is 0 Å². The normalized spacial score (nSPS) is 19.9. The predicted molar refractivity (Wildman–Crippen MR) is 77.8 cm³/mol. The van der Waals surface area contributed by atoms with E-state index in [0.717, 1.165) is 31.2 Å². The van der Waals surface area contributed by atoms with Crippen molar-refractivity contribution in [2.75, 3.05) is 7.11 Å². The van der Waals surface area contributed by atoms with E-state index in [1.807, 2.05) is 19.9 Å². The van der Waals surface area contributed by atoms with Crippen molar-refractivity contribution >= 4 is 0 Å². The van der Waals surface area contributed by atoms with Crippen LogP contribution in [0.25, 0.3) is 0 Å². The number of pyridine rings is 1. The fourth-order valence-corrected chi connectivity index (χ4v) is 2.96. The zero-order valence-electron chi connectivity index (χ0n) is 12.6. The fraction of sp³-hybridized carbons (Fsp3) is 0.688. The summed E-state index contributed by atoms with van der Waals surface area (Å²) >= 11 is 0. The third kappa shape index (κ3) is 3.30. The van der Waals surface area contributed by atoms with Gasteiger partial charge in [0.15, 0.2) is 0 Å². The first-order valence-corrected chi connectivity index (χ1v) is 7.42. The predicted octanol–water partition coefficient (Wildman–Crippen LogP) is 3.25. The number of methoxy groups -OCH3 is 1. The summed E-state index contributed by atoms with van der Waals surface area (Å²) in [4.78, 5) is 4.18. The van der Waals surface area contributed by atoms with Crippen molar-refractivity contribution in [1.29, 1.82) is 0 Å². The summed E-state index contributed by atoms with van der Waals surface area (Å²) in [6.07, 6.45) is 8.00. The summed E-state index contributed by atoms with van der Waals surface area (Å²) in [5, 5.41) is 10.7. The Labute approximate surface area is 121 Å². The molecule has 1 fully saturated rings. The Kier molecular flexibility index (Phi) is 5.00. The van der Waals surface area contributed by atoms with Gasteiger partial charge in [-0.25, -0.2) is 0 Å². The van der Waals surface area contributed by atoms with Crippen molar-refractivity contribution < 1.29 is 14.6 Å². The maximum atomic E-state index is 10.7. The van der Waals surface area contributed by atoms with Crippen LogP contribution in [0.2, 0.25) is 0 Å². The highest BCUT2D eigenvalue weighted by Gasteiger charge is 2.40. The molecule has 4 heteroatoms. The highest BCUT2D eigenvalue weighted by atomic mass is 16.5. The van der Waals surface area contributed by atoms with Gasteiger partial charge in [0.25, 0.3) is 0 Å². The second kappa shape index (κ2) is 6.55. The van der Waals surface area contributed by atoms with Crippen LogP contribution in [0.3, 0.4) is 0 Å². The quantitative estimate of drug-likeness (QED) is 0.899. The van der Waals surface area contributed by atoms with E-state index in [4.69, 9.17) is 9.47 Å². The lowest BCUT2D eigenvalue weighted by atomic mass is 9.78. The molecule has 1 atom stereocenters. The maximum absolute atomic E-state index is 10.7. The Morgan fingerprint density at radius 2 is 1.90 bits per heavy atom. The first-order valence-electron chi connectivity index (χ1n) is 7.42. The summed E-state index contributed by atoms with van der Waals surface area (Å²) in [5.41, 5.74) is 0.294. The van der Waals surface area contributed by atoms with E-state index in [2.05, 4.69) is 4.98 Å². The van der Waals surface area contributed by atoms with Gasteiger partial charge in [-0.1, -0.05) is 19.3 Å². The minimum Gasteiger partial charge on any atom is -0.489 e. The Morgan fingerprint density at radius 1 is 1.20 bits per heavy atom. The number of ether oxygens (including phenoxy) is 2. The first kappa shape index (κ1) is 15.3. The minimum atomic E-state index is -0.656. The van der Waals surface area contributed by atoms with E-state index in [1.54, 1.807) is 19.5 Å². The maximum Gasteiger partial charge on any atom is 0.138 e. The van der Waals surface area contributed by atoms with Gasteiger partial charge < -0.3 is 14.6 Å². The Hall–Kier alpha value is -1.13. The van der Waals surface area contributed by atoms with Crippen LogP contribution < -0.4 is 4.74 Å². The molecule has 0 spiro atoms. The molecular formula is C16H25NO3. The average Bonchev–Trinajstić information content (AvgIpc) is 2.47. The van der Waals surface area contributed by atoms with Crippen LogP contribution in [0.5, 0.6) is 5.75 Å². The number of aromatic nitrogens is 1.